The van der Waals surface area contributed by atoms with Gasteiger partial charge in [0.15, 0.2) is 0 Å². The van der Waals surface area contributed by atoms with Gasteiger partial charge in [0.25, 0.3) is 0 Å². The Morgan fingerprint density at radius 1 is 1.00 bits per heavy atom. The lowest BCUT2D eigenvalue weighted by Gasteiger charge is -2.17. The van der Waals surface area contributed by atoms with Crippen molar-refractivity contribution in [1.82, 2.24) is 9.97 Å². The van der Waals surface area contributed by atoms with Crippen molar-refractivity contribution in [3.05, 3.63) is 59.8 Å². The Bertz CT molecular complexity index is 783. The Morgan fingerprint density at radius 3 is 2.43 bits per heavy atom. The van der Waals surface area contributed by atoms with Gasteiger partial charge in [0.1, 0.15) is 5.82 Å². The third kappa shape index (κ3) is 2.79. The largest absolute Gasteiger partial charge is 0.399 e. The maximum Gasteiger partial charge on any atom is 0.148 e. The van der Waals surface area contributed by atoms with Gasteiger partial charge in [-0.25, -0.2) is 9.97 Å². The van der Waals surface area contributed by atoms with Gasteiger partial charge in [-0.15, -0.1) is 0 Å². The molecule has 3 aromatic rings. The normalized spacial score (nSPS) is 12.3. The fraction of sp³-hybridized carbons (Fsp3) is 0.176. The molecule has 0 bridgehead atoms. The molecule has 0 radical (unpaired) electrons. The molecule has 1 heterocycles. The molecule has 21 heavy (non-hydrogen) atoms. The van der Waals surface area contributed by atoms with Crippen LogP contribution in [-0.4, -0.2) is 9.97 Å². The lowest BCUT2D eigenvalue weighted by atomic mass is 10.1. The standard InChI is InChI=1S/C17H18N4/c1-11(13-6-5-7-14(18)10-13)20-17-12(2)19-15-8-3-4-9-16(15)21-17/h3-11H,18H2,1-2H3,(H,20,21). The Balaban J connectivity index is 1.92. The third-order valence-electron chi connectivity index (χ3n) is 3.51. The number of benzene rings is 2. The Kier molecular flexibility index (Phi) is 3.44. The van der Waals surface area contributed by atoms with E-state index in [2.05, 4.69) is 28.3 Å². The molecule has 0 aliphatic heterocycles. The monoisotopic (exact) mass is 278 g/mol. The van der Waals surface area contributed by atoms with E-state index in [-0.39, 0.29) is 6.04 Å². The Labute approximate surface area is 124 Å². The van der Waals surface area contributed by atoms with E-state index in [1.54, 1.807) is 0 Å². The molecule has 1 aromatic heterocycles. The first kappa shape index (κ1) is 13.4. The van der Waals surface area contributed by atoms with Gasteiger partial charge in [-0.3, -0.25) is 0 Å². The van der Waals surface area contributed by atoms with Crippen LogP contribution in [-0.2, 0) is 0 Å². The fourth-order valence-corrected chi connectivity index (χ4v) is 2.34. The highest BCUT2D eigenvalue weighted by Gasteiger charge is 2.10. The molecule has 0 aliphatic carbocycles. The van der Waals surface area contributed by atoms with Crippen LogP contribution >= 0.6 is 0 Å². The van der Waals surface area contributed by atoms with Gasteiger partial charge in [0.2, 0.25) is 0 Å². The average molecular weight is 278 g/mol. The molecule has 106 valence electrons. The highest BCUT2D eigenvalue weighted by Crippen LogP contribution is 2.22. The number of anilines is 2. The topological polar surface area (TPSA) is 63.8 Å². The number of nitrogens with two attached hydrogens (primary N) is 1. The summed E-state index contributed by atoms with van der Waals surface area (Å²) in [4.78, 5) is 9.25. The van der Waals surface area contributed by atoms with E-state index in [0.29, 0.717) is 0 Å². The zero-order valence-electron chi connectivity index (χ0n) is 12.2. The minimum Gasteiger partial charge on any atom is -0.399 e. The third-order valence-corrected chi connectivity index (χ3v) is 3.51. The van der Waals surface area contributed by atoms with Crippen molar-refractivity contribution in [2.75, 3.05) is 11.1 Å². The van der Waals surface area contributed by atoms with Gasteiger partial charge >= 0.3 is 0 Å². The maximum atomic E-state index is 5.84. The summed E-state index contributed by atoms with van der Waals surface area (Å²) in [6.07, 6.45) is 0. The van der Waals surface area contributed by atoms with Crippen molar-refractivity contribution in [3.8, 4) is 0 Å². The fourth-order valence-electron chi connectivity index (χ4n) is 2.34. The minimum absolute atomic E-state index is 0.114. The SMILES string of the molecule is Cc1nc2ccccc2nc1NC(C)c1cccc(N)c1. The molecule has 0 saturated heterocycles. The molecule has 1 atom stereocenters. The highest BCUT2D eigenvalue weighted by atomic mass is 15.0. The van der Waals surface area contributed by atoms with E-state index in [4.69, 9.17) is 5.73 Å². The van der Waals surface area contributed by atoms with Gasteiger partial charge < -0.3 is 11.1 Å². The molecule has 1 unspecified atom stereocenters. The van der Waals surface area contributed by atoms with Crippen LogP contribution in [0.2, 0.25) is 0 Å². The van der Waals surface area contributed by atoms with E-state index in [9.17, 15) is 0 Å². The summed E-state index contributed by atoms with van der Waals surface area (Å²) < 4.78 is 0. The smallest absolute Gasteiger partial charge is 0.148 e. The molecule has 0 spiro atoms. The summed E-state index contributed by atoms with van der Waals surface area (Å²) in [6.45, 7) is 4.05. The number of nitrogens with zero attached hydrogens (tertiary/aromatic N) is 2. The lowest BCUT2D eigenvalue weighted by molar-refractivity contribution is 0.870. The van der Waals surface area contributed by atoms with Crippen molar-refractivity contribution >= 4 is 22.5 Å². The summed E-state index contributed by atoms with van der Waals surface area (Å²) in [5.41, 5.74) is 10.4. The van der Waals surface area contributed by atoms with Crippen LogP contribution in [0.4, 0.5) is 11.5 Å². The van der Waals surface area contributed by atoms with Gasteiger partial charge in [-0.05, 0) is 43.7 Å². The van der Waals surface area contributed by atoms with Crippen molar-refractivity contribution in [2.45, 2.75) is 19.9 Å². The molecule has 4 heteroatoms. The summed E-state index contributed by atoms with van der Waals surface area (Å²) >= 11 is 0. The van der Waals surface area contributed by atoms with Crippen LogP contribution in [0.3, 0.4) is 0 Å². The number of fused-ring (bicyclic) bond motifs is 1. The lowest BCUT2D eigenvalue weighted by Crippen LogP contribution is -2.10. The average Bonchev–Trinajstić information content (AvgIpc) is 2.48. The zero-order chi connectivity index (χ0) is 14.8. The van der Waals surface area contributed by atoms with Crippen LogP contribution in [0.1, 0.15) is 24.2 Å². The second-order valence-electron chi connectivity index (χ2n) is 5.18. The molecular formula is C17H18N4. The minimum atomic E-state index is 0.114. The first-order chi connectivity index (χ1) is 10.1. The van der Waals surface area contributed by atoms with Crippen LogP contribution < -0.4 is 11.1 Å². The van der Waals surface area contributed by atoms with Crippen molar-refractivity contribution in [2.24, 2.45) is 0 Å². The summed E-state index contributed by atoms with van der Waals surface area (Å²) in [5.74, 6) is 0.809. The number of hydrogen-bond donors (Lipinski definition) is 2. The quantitative estimate of drug-likeness (QED) is 0.717. The molecule has 4 nitrogen and oxygen atoms in total. The van der Waals surface area contributed by atoms with Gasteiger partial charge in [-0.1, -0.05) is 24.3 Å². The first-order valence-corrected chi connectivity index (χ1v) is 6.99. The maximum absolute atomic E-state index is 5.84. The second kappa shape index (κ2) is 5.40. The van der Waals surface area contributed by atoms with E-state index in [1.807, 2.05) is 49.4 Å². The van der Waals surface area contributed by atoms with Crippen molar-refractivity contribution in [1.29, 1.82) is 0 Å². The predicted octanol–water partition coefficient (Wildman–Crippen LogP) is 3.69. The predicted molar refractivity (Wildman–Crippen MR) is 87.2 cm³/mol. The van der Waals surface area contributed by atoms with Gasteiger partial charge in [-0.2, -0.15) is 0 Å². The molecule has 0 aliphatic rings. The van der Waals surface area contributed by atoms with Crippen LogP contribution in [0, 0.1) is 6.92 Å². The van der Waals surface area contributed by atoms with Crippen LogP contribution in [0.15, 0.2) is 48.5 Å². The van der Waals surface area contributed by atoms with Crippen molar-refractivity contribution < 1.29 is 0 Å². The molecular weight excluding hydrogens is 260 g/mol. The van der Waals surface area contributed by atoms with E-state index in [1.165, 1.54) is 0 Å². The van der Waals surface area contributed by atoms with E-state index in [0.717, 1.165) is 33.8 Å². The zero-order valence-corrected chi connectivity index (χ0v) is 12.2. The highest BCUT2D eigenvalue weighted by molar-refractivity contribution is 5.76. The molecule has 0 amide bonds. The summed E-state index contributed by atoms with van der Waals surface area (Å²) in [5, 5.41) is 3.42. The molecule has 3 rings (SSSR count). The molecule has 0 saturated carbocycles. The number of hydrogen-bond acceptors (Lipinski definition) is 4. The number of aryl methyl sites for hydroxylation is 1. The summed E-state index contributed by atoms with van der Waals surface area (Å²) in [6, 6.07) is 15.9. The van der Waals surface area contributed by atoms with E-state index < -0.39 is 0 Å². The van der Waals surface area contributed by atoms with Gasteiger partial charge in [0, 0.05) is 5.69 Å². The Morgan fingerprint density at radius 2 is 1.71 bits per heavy atom. The molecule has 3 N–H and O–H groups in total. The van der Waals surface area contributed by atoms with E-state index >= 15 is 0 Å². The summed E-state index contributed by atoms with van der Waals surface area (Å²) in [7, 11) is 0. The van der Waals surface area contributed by atoms with Crippen molar-refractivity contribution in [3.63, 3.8) is 0 Å². The second-order valence-corrected chi connectivity index (χ2v) is 5.18. The first-order valence-electron chi connectivity index (χ1n) is 6.99. The number of aromatic nitrogens is 2. The Hall–Kier alpha value is -2.62. The van der Waals surface area contributed by atoms with Crippen LogP contribution in [0.5, 0.6) is 0 Å². The number of nitrogens with one attached hydrogen (secondary N) is 1. The van der Waals surface area contributed by atoms with Gasteiger partial charge in [0.05, 0.1) is 22.8 Å². The number of nitrogen functional groups attached to an aromatic ring is 1. The number of rotatable bonds is 3. The molecule has 2 aromatic carbocycles. The number of para-hydroxylation sites is 2. The molecule has 0 fully saturated rings. The van der Waals surface area contributed by atoms with Crippen LogP contribution in [0.25, 0.3) is 11.0 Å².